The number of furan rings is 2. The molecule has 154 valence electrons. The number of para-hydroxylation sites is 1. The minimum absolute atomic E-state index is 0.0673. The van der Waals surface area contributed by atoms with Crippen molar-refractivity contribution in [2.75, 3.05) is 4.90 Å². The molecule has 30 heavy (non-hydrogen) atoms. The molecule has 3 aromatic heterocycles. The molecule has 1 fully saturated rings. The summed E-state index contributed by atoms with van der Waals surface area (Å²) in [5.41, 5.74) is 0.680. The van der Waals surface area contributed by atoms with Crippen molar-refractivity contribution >= 4 is 28.9 Å². The number of anilines is 2. The van der Waals surface area contributed by atoms with E-state index in [-0.39, 0.29) is 18.1 Å². The number of carbonyl (C=O) groups is 1. The van der Waals surface area contributed by atoms with E-state index < -0.39 is 0 Å². The predicted octanol–water partition coefficient (Wildman–Crippen LogP) is 5.42. The zero-order valence-electron chi connectivity index (χ0n) is 16.7. The Balaban J connectivity index is 1.54. The Morgan fingerprint density at radius 2 is 1.97 bits per heavy atom. The van der Waals surface area contributed by atoms with Gasteiger partial charge in [-0.3, -0.25) is 0 Å². The second kappa shape index (κ2) is 7.70. The number of hydrogen-bond acceptors (Lipinski definition) is 6. The quantitative estimate of drug-likeness (QED) is 0.440. The number of urea groups is 1. The van der Waals surface area contributed by atoms with Crippen LogP contribution in [-0.4, -0.2) is 27.2 Å². The van der Waals surface area contributed by atoms with Crippen LogP contribution in [0.15, 0.2) is 62.1 Å². The third-order valence-corrected chi connectivity index (χ3v) is 5.50. The first-order chi connectivity index (χ1) is 14.7. The van der Waals surface area contributed by atoms with Gasteiger partial charge in [0, 0.05) is 17.5 Å². The predicted molar refractivity (Wildman–Crippen MR) is 109 cm³/mol. The summed E-state index contributed by atoms with van der Waals surface area (Å²) >= 11 is 0. The van der Waals surface area contributed by atoms with Crippen molar-refractivity contribution in [3.63, 3.8) is 0 Å². The number of aromatic nitrogens is 2. The molecule has 0 aliphatic heterocycles. The fourth-order valence-corrected chi connectivity index (χ4v) is 4.05. The SMILES string of the molecule is Cc1ccc(CN(C(=O)N(c2cc3ccccc3o2)c2nnco2)C2CCCC2)o1. The highest BCUT2D eigenvalue weighted by molar-refractivity contribution is 5.98. The number of rotatable bonds is 5. The van der Waals surface area contributed by atoms with Crippen molar-refractivity contribution in [3.05, 3.63) is 60.4 Å². The third kappa shape index (κ3) is 3.45. The van der Waals surface area contributed by atoms with Gasteiger partial charge in [0.05, 0.1) is 6.54 Å². The van der Waals surface area contributed by atoms with Crippen LogP contribution in [0.3, 0.4) is 0 Å². The van der Waals surface area contributed by atoms with Crippen molar-refractivity contribution in [1.82, 2.24) is 15.1 Å². The molecule has 1 aliphatic carbocycles. The average molecular weight is 406 g/mol. The zero-order valence-corrected chi connectivity index (χ0v) is 16.7. The molecule has 0 spiro atoms. The number of nitrogens with zero attached hydrogens (tertiary/aromatic N) is 4. The average Bonchev–Trinajstić information content (AvgIpc) is 3.53. The maximum atomic E-state index is 13.8. The summed E-state index contributed by atoms with van der Waals surface area (Å²) in [6.07, 6.45) is 5.29. The molecule has 0 atom stereocenters. The van der Waals surface area contributed by atoms with Crippen molar-refractivity contribution < 1.29 is 18.0 Å². The van der Waals surface area contributed by atoms with Crippen molar-refractivity contribution in [2.24, 2.45) is 0 Å². The Morgan fingerprint density at radius 3 is 2.67 bits per heavy atom. The summed E-state index contributed by atoms with van der Waals surface area (Å²) in [7, 11) is 0. The van der Waals surface area contributed by atoms with Gasteiger partial charge < -0.3 is 18.2 Å². The van der Waals surface area contributed by atoms with Gasteiger partial charge in [-0.1, -0.05) is 36.1 Å². The summed E-state index contributed by atoms with van der Waals surface area (Å²) in [4.78, 5) is 17.0. The van der Waals surface area contributed by atoms with Crippen LogP contribution in [0.1, 0.15) is 37.2 Å². The van der Waals surface area contributed by atoms with Crippen LogP contribution in [-0.2, 0) is 6.54 Å². The van der Waals surface area contributed by atoms with Gasteiger partial charge in [-0.05, 0) is 38.0 Å². The summed E-state index contributed by atoms with van der Waals surface area (Å²) in [5.74, 6) is 1.89. The minimum atomic E-state index is -0.278. The Labute approximate surface area is 173 Å². The van der Waals surface area contributed by atoms with Gasteiger partial charge in [-0.2, -0.15) is 4.90 Å². The summed E-state index contributed by atoms with van der Waals surface area (Å²) < 4.78 is 17.1. The van der Waals surface area contributed by atoms with E-state index in [1.54, 1.807) is 6.07 Å². The highest BCUT2D eigenvalue weighted by Gasteiger charge is 2.35. The maximum Gasteiger partial charge on any atom is 0.335 e. The lowest BCUT2D eigenvalue weighted by atomic mass is 10.2. The molecule has 3 heterocycles. The molecule has 2 amide bonds. The summed E-state index contributed by atoms with van der Waals surface area (Å²) in [5, 5.41) is 8.63. The van der Waals surface area contributed by atoms with E-state index in [9.17, 15) is 4.79 Å². The monoisotopic (exact) mass is 406 g/mol. The van der Waals surface area contributed by atoms with Gasteiger partial charge in [0.15, 0.2) is 0 Å². The Bertz CT molecular complexity index is 1110. The van der Waals surface area contributed by atoms with Gasteiger partial charge in [0.2, 0.25) is 12.3 Å². The molecule has 1 aliphatic rings. The molecule has 0 unspecified atom stereocenters. The first-order valence-electron chi connectivity index (χ1n) is 10.1. The molecule has 0 bridgehead atoms. The van der Waals surface area contributed by atoms with Gasteiger partial charge in [0.25, 0.3) is 0 Å². The molecule has 0 N–H and O–H groups in total. The van der Waals surface area contributed by atoms with Crippen LogP contribution in [0, 0.1) is 6.92 Å². The van der Waals surface area contributed by atoms with E-state index in [1.165, 1.54) is 11.3 Å². The zero-order chi connectivity index (χ0) is 20.5. The highest BCUT2D eigenvalue weighted by atomic mass is 16.4. The molecular formula is C22H22N4O4. The molecular weight excluding hydrogens is 384 g/mol. The van der Waals surface area contributed by atoms with Crippen LogP contribution >= 0.6 is 0 Å². The molecule has 4 aromatic rings. The van der Waals surface area contributed by atoms with Crippen LogP contribution < -0.4 is 4.90 Å². The van der Waals surface area contributed by atoms with Crippen molar-refractivity contribution in [3.8, 4) is 0 Å². The fourth-order valence-electron chi connectivity index (χ4n) is 4.05. The molecule has 8 heteroatoms. The van der Waals surface area contributed by atoms with E-state index >= 15 is 0 Å². The number of carbonyl (C=O) groups excluding carboxylic acids is 1. The number of aryl methyl sites for hydroxylation is 1. The van der Waals surface area contributed by atoms with Crippen molar-refractivity contribution in [2.45, 2.75) is 45.2 Å². The summed E-state index contributed by atoms with van der Waals surface area (Å²) in [6.45, 7) is 2.26. The lowest BCUT2D eigenvalue weighted by Crippen LogP contribution is -2.45. The van der Waals surface area contributed by atoms with Crippen LogP contribution in [0.25, 0.3) is 11.0 Å². The van der Waals surface area contributed by atoms with E-state index in [4.69, 9.17) is 13.3 Å². The molecule has 1 aromatic carbocycles. The topological polar surface area (TPSA) is 88.8 Å². The Kier molecular flexibility index (Phi) is 4.74. The smallest absolute Gasteiger partial charge is 0.335 e. The molecule has 8 nitrogen and oxygen atoms in total. The second-order valence-corrected chi connectivity index (χ2v) is 7.54. The number of benzene rings is 1. The largest absolute Gasteiger partial charge is 0.464 e. The van der Waals surface area contributed by atoms with Gasteiger partial charge in [0.1, 0.15) is 17.1 Å². The standard InChI is InChI=1S/C22H22N4O4/c1-15-10-11-18(29-15)13-25(17-7-3-4-8-17)22(27)26(21-24-23-14-28-21)20-12-16-6-2-5-9-19(16)30-20/h2,5-6,9-12,14,17H,3-4,7-8,13H2,1H3. The lowest BCUT2D eigenvalue weighted by Gasteiger charge is -2.31. The lowest BCUT2D eigenvalue weighted by molar-refractivity contribution is 0.171. The van der Waals surface area contributed by atoms with E-state index in [0.717, 1.165) is 42.6 Å². The molecule has 0 saturated heterocycles. The van der Waals surface area contributed by atoms with Crippen molar-refractivity contribution in [1.29, 1.82) is 0 Å². The first-order valence-corrected chi connectivity index (χ1v) is 10.1. The highest BCUT2D eigenvalue weighted by Crippen LogP contribution is 2.34. The first kappa shape index (κ1) is 18.5. The summed E-state index contributed by atoms with van der Waals surface area (Å²) in [6, 6.07) is 13.1. The van der Waals surface area contributed by atoms with Gasteiger partial charge in [-0.25, -0.2) is 4.79 Å². The Morgan fingerprint density at radius 1 is 1.13 bits per heavy atom. The number of amides is 2. The van der Waals surface area contributed by atoms with Crippen LogP contribution in [0.4, 0.5) is 16.7 Å². The third-order valence-electron chi connectivity index (χ3n) is 5.50. The van der Waals surface area contributed by atoms with Gasteiger partial charge >= 0.3 is 12.0 Å². The van der Waals surface area contributed by atoms with Crippen LogP contribution in [0.5, 0.6) is 0 Å². The van der Waals surface area contributed by atoms with E-state index in [1.807, 2.05) is 48.2 Å². The Hall–Kier alpha value is -3.55. The molecule has 1 saturated carbocycles. The van der Waals surface area contributed by atoms with Gasteiger partial charge in [-0.15, -0.1) is 5.10 Å². The fraction of sp³-hybridized carbons (Fsp3) is 0.318. The van der Waals surface area contributed by atoms with E-state index in [2.05, 4.69) is 10.2 Å². The number of hydrogen-bond donors (Lipinski definition) is 0. The normalized spacial score (nSPS) is 14.4. The second-order valence-electron chi connectivity index (χ2n) is 7.54. The molecule has 5 rings (SSSR count). The molecule has 0 radical (unpaired) electrons. The minimum Gasteiger partial charge on any atom is -0.464 e. The van der Waals surface area contributed by atoms with E-state index in [0.29, 0.717) is 18.0 Å². The maximum absolute atomic E-state index is 13.8. The number of fused-ring (bicyclic) bond motifs is 1. The van der Waals surface area contributed by atoms with Crippen LogP contribution in [0.2, 0.25) is 0 Å².